The van der Waals surface area contributed by atoms with Crippen molar-refractivity contribution in [3.63, 3.8) is 0 Å². The van der Waals surface area contributed by atoms with Gasteiger partial charge < -0.3 is 15.4 Å². The van der Waals surface area contributed by atoms with Crippen molar-refractivity contribution in [1.29, 1.82) is 0 Å². The van der Waals surface area contributed by atoms with E-state index in [4.69, 9.17) is 4.74 Å². The molecule has 1 atom stereocenters. The molecule has 2 aromatic heterocycles. The fourth-order valence-electron chi connectivity index (χ4n) is 2.63. The van der Waals surface area contributed by atoms with Crippen LogP contribution < -0.4 is 10.6 Å². The molecule has 8 nitrogen and oxygen atoms in total. The number of ether oxygens (including phenoxy) is 1. The molecule has 2 N–H and O–H groups in total. The number of aryl methyl sites for hydroxylation is 1. The molecule has 8 heteroatoms. The normalized spacial score (nSPS) is 11.8. The molecule has 0 spiro atoms. The molecule has 3 rings (SSSR count). The zero-order valence-corrected chi connectivity index (χ0v) is 14.5. The SMILES string of the molecule is COC(=O)[C@H](Cc1ccccc1)NC(=O)Nc1cccn2c(C)nnc12. The lowest BCUT2D eigenvalue weighted by Crippen LogP contribution is -2.45. The van der Waals surface area contributed by atoms with Gasteiger partial charge in [0, 0.05) is 12.6 Å². The van der Waals surface area contributed by atoms with Crippen molar-refractivity contribution in [2.24, 2.45) is 0 Å². The Labute approximate surface area is 150 Å². The molecule has 2 amide bonds. The van der Waals surface area contributed by atoms with Gasteiger partial charge in [-0.05, 0) is 24.6 Å². The zero-order chi connectivity index (χ0) is 18.5. The van der Waals surface area contributed by atoms with Crippen LogP contribution in [0.1, 0.15) is 11.4 Å². The highest BCUT2D eigenvalue weighted by Crippen LogP contribution is 2.15. The van der Waals surface area contributed by atoms with E-state index in [2.05, 4.69) is 20.8 Å². The molecule has 0 aliphatic heterocycles. The van der Waals surface area contributed by atoms with E-state index in [-0.39, 0.29) is 0 Å². The van der Waals surface area contributed by atoms with Gasteiger partial charge in [-0.2, -0.15) is 0 Å². The van der Waals surface area contributed by atoms with Gasteiger partial charge in [0.15, 0.2) is 5.65 Å². The van der Waals surface area contributed by atoms with Crippen LogP contribution in [-0.4, -0.2) is 39.8 Å². The second-order valence-electron chi connectivity index (χ2n) is 5.73. The van der Waals surface area contributed by atoms with Gasteiger partial charge in [-0.3, -0.25) is 4.40 Å². The number of hydrogen-bond acceptors (Lipinski definition) is 5. The van der Waals surface area contributed by atoms with E-state index in [1.165, 1.54) is 7.11 Å². The number of hydrogen-bond donors (Lipinski definition) is 2. The summed E-state index contributed by atoms with van der Waals surface area (Å²) in [5.74, 6) is 0.195. The van der Waals surface area contributed by atoms with E-state index in [1.807, 2.05) is 37.3 Å². The summed E-state index contributed by atoms with van der Waals surface area (Å²) < 4.78 is 6.56. The first-order chi connectivity index (χ1) is 12.6. The third kappa shape index (κ3) is 3.80. The average molecular weight is 353 g/mol. The molecule has 0 saturated carbocycles. The number of amides is 2. The van der Waals surface area contributed by atoms with E-state index in [0.717, 1.165) is 5.56 Å². The molecule has 0 unspecified atom stereocenters. The summed E-state index contributed by atoms with van der Waals surface area (Å²) in [6, 6.07) is 11.6. The minimum absolute atomic E-state index is 0.329. The van der Waals surface area contributed by atoms with Crippen molar-refractivity contribution in [3.05, 3.63) is 60.0 Å². The second kappa shape index (κ2) is 7.64. The molecule has 0 aliphatic rings. The molecule has 26 heavy (non-hydrogen) atoms. The number of benzene rings is 1. The van der Waals surface area contributed by atoms with Crippen molar-refractivity contribution < 1.29 is 14.3 Å². The van der Waals surface area contributed by atoms with Crippen LogP contribution in [0.2, 0.25) is 0 Å². The summed E-state index contributed by atoms with van der Waals surface area (Å²) in [6.07, 6.45) is 2.13. The Morgan fingerprint density at radius 3 is 2.65 bits per heavy atom. The largest absolute Gasteiger partial charge is 0.467 e. The van der Waals surface area contributed by atoms with Crippen LogP contribution in [-0.2, 0) is 16.0 Å². The minimum Gasteiger partial charge on any atom is -0.467 e. The van der Waals surface area contributed by atoms with Gasteiger partial charge in [-0.1, -0.05) is 30.3 Å². The fourth-order valence-corrected chi connectivity index (χ4v) is 2.63. The molecule has 0 fully saturated rings. The third-order valence-corrected chi connectivity index (χ3v) is 3.93. The Morgan fingerprint density at radius 1 is 1.15 bits per heavy atom. The van der Waals surface area contributed by atoms with Crippen molar-refractivity contribution >= 4 is 23.3 Å². The van der Waals surface area contributed by atoms with Crippen LogP contribution in [0.25, 0.3) is 5.65 Å². The second-order valence-corrected chi connectivity index (χ2v) is 5.73. The van der Waals surface area contributed by atoms with Gasteiger partial charge in [-0.25, -0.2) is 9.59 Å². The highest BCUT2D eigenvalue weighted by molar-refractivity contribution is 5.95. The summed E-state index contributed by atoms with van der Waals surface area (Å²) in [7, 11) is 1.29. The number of pyridine rings is 1. The Balaban J connectivity index is 1.74. The van der Waals surface area contributed by atoms with Gasteiger partial charge >= 0.3 is 12.0 Å². The number of nitrogens with one attached hydrogen (secondary N) is 2. The van der Waals surface area contributed by atoms with Gasteiger partial charge in [0.2, 0.25) is 0 Å². The number of urea groups is 1. The molecule has 2 heterocycles. The fraction of sp³-hybridized carbons (Fsp3) is 0.222. The summed E-state index contributed by atoms with van der Waals surface area (Å²) >= 11 is 0. The van der Waals surface area contributed by atoms with E-state index in [1.54, 1.807) is 22.7 Å². The molecule has 0 aliphatic carbocycles. The van der Waals surface area contributed by atoms with E-state index >= 15 is 0 Å². The lowest BCUT2D eigenvalue weighted by molar-refractivity contribution is -0.142. The first kappa shape index (κ1) is 17.4. The molecule has 0 saturated heterocycles. The van der Waals surface area contributed by atoms with Gasteiger partial charge in [0.1, 0.15) is 11.9 Å². The van der Waals surface area contributed by atoms with Crippen LogP contribution in [0.3, 0.4) is 0 Å². The summed E-state index contributed by atoms with van der Waals surface area (Å²) in [5.41, 5.74) is 1.94. The lowest BCUT2D eigenvalue weighted by atomic mass is 10.1. The third-order valence-electron chi connectivity index (χ3n) is 3.93. The van der Waals surface area contributed by atoms with Gasteiger partial charge in [0.25, 0.3) is 0 Å². The predicted molar refractivity (Wildman–Crippen MR) is 95.8 cm³/mol. The molecule has 134 valence electrons. The first-order valence-electron chi connectivity index (χ1n) is 8.08. The van der Waals surface area contributed by atoms with Crippen LogP contribution in [0.5, 0.6) is 0 Å². The Bertz CT molecular complexity index is 923. The number of aromatic nitrogens is 3. The van der Waals surface area contributed by atoms with Crippen LogP contribution in [0.4, 0.5) is 10.5 Å². The number of nitrogens with zero attached hydrogens (tertiary/aromatic N) is 3. The number of carbonyl (C=O) groups is 2. The van der Waals surface area contributed by atoms with Crippen LogP contribution in [0, 0.1) is 6.92 Å². The standard InChI is InChI=1S/C18H19N5O3/c1-12-21-22-16-14(9-6-10-23(12)16)19-18(25)20-15(17(24)26-2)11-13-7-4-3-5-8-13/h3-10,15H,11H2,1-2H3,(H2,19,20,25)/t15-/m0/s1. The Morgan fingerprint density at radius 2 is 1.92 bits per heavy atom. The average Bonchev–Trinajstić information content (AvgIpc) is 3.03. The molecule has 0 radical (unpaired) electrons. The number of anilines is 1. The van der Waals surface area contributed by atoms with Crippen LogP contribution in [0.15, 0.2) is 48.7 Å². The molecule has 0 bridgehead atoms. The maximum Gasteiger partial charge on any atom is 0.328 e. The van der Waals surface area contributed by atoms with Gasteiger partial charge in [-0.15, -0.1) is 10.2 Å². The summed E-state index contributed by atoms with van der Waals surface area (Å²) in [6.45, 7) is 1.82. The monoisotopic (exact) mass is 353 g/mol. The minimum atomic E-state index is -0.804. The maximum absolute atomic E-state index is 12.4. The quantitative estimate of drug-likeness (QED) is 0.683. The smallest absolute Gasteiger partial charge is 0.328 e. The first-order valence-corrected chi connectivity index (χ1v) is 8.08. The molecule has 1 aromatic carbocycles. The number of fused-ring (bicyclic) bond motifs is 1. The predicted octanol–water partition coefficient (Wildman–Crippen LogP) is 1.94. The van der Waals surface area contributed by atoms with Crippen molar-refractivity contribution in [1.82, 2.24) is 19.9 Å². The van der Waals surface area contributed by atoms with Gasteiger partial charge in [0.05, 0.1) is 12.8 Å². The highest BCUT2D eigenvalue weighted by atomic mass is 16.5. The summed E-state index contributed by atoms with van der Waals surface area (Å²) in [4.78, 5) is 24.4. The lowest BCUT2D eigenvalue weighted by Gasteiger charge is -2.17. The topological polar surface area (TPSA) is 97.6 Å². The molecule has 3 aromatic rings. The Hall–Kier alpha value is -3.42. The van der Waals surface area contributed by atoms with Crippen molar-refractivity contribution in [2.45, 2.75) is 19.4 Å². The van der Waals surface area contributed by atoms with Crippen LogP contribution >= 0.6 is 0 Å². The van der Waals surface area contributed by atoms with E-state index in [9.17, 15) is 9.59 Å². The van der Waals surface area contributed by atoms with Crippen molar-refractivity contribution in [2.75, 3.05) is 12.4 Å². The van der Waals surface area contributed by atoms with E-state index < -0.39 is 18.0 Å². The highest BCUT2D eigenvalue weighted by Gasteiger charge is 2.22. The van der Waals surface area contributed by atoms with Crippen molar-refractivity contribution in [3.8, 4) is 0 Å². The molecular formula is C18H19N5O3. The number of esters is 1. The number of methoxy groups -OCH3 is 1. The Kier molecular flexibility index (Phi) is 5.12. The summed E-state index contributed by atoms with van der Waals surface area (Å²) in [5, 5.41) is 13.4. The van der Waals surface area contributed by atoms with E-state index in [0.29, 0.717) is 23.6 Å². The zero-order valence-electron chi connectivity index (χ0n) is 14.5. The number of carbonyl (C=O) groups excluding carboxylic acids is 2. The number of rotatable bonds is 5. The maximum atomic E-state index is 12.4. The molecular weight excluding hydrogens is 334 g/mol.